The average molecular weight is 339 g/mol. The highest BCUT2D eigenvalue weighted by atomic mass is 16.5. The summed E-state index contributed by atoms with van der Waals surface area (Å²) >= 11 is 0. The molecule has 4 rings (SSSR count). The largest absolute Gasteiger partial charge is 0.494 e. The first-order chi connectivity index (χ1) is 12.2. The lowest BCUT2D eigenvalue weighted by atomic mass is 9.85. The molecular weight excluding hydrogens is 314 g/mol. The van der Waals surface area contributed by atoms with E-state index < -0.39 is 0 Å². The molecule has 0 unspecified atom stereocenters. The van der Waals surface area contributed by atoms with Gasteiger partial charge in [-0.15, -0.1) is 0 Å². The second kappa shape index (κ2) is 6.66. The second-order valence-corrected chi connectivity index (χ2v) is 7.42. The van der Waals surface area contributed by atoms with Crippen molar-refractivity contribution in [2.24, 2.45) is 23.7 Å². The molecule has 25 heavy (non-hydrogen) atoms. The van der Waals surface area contributed by atoms with E-state index in [1.54, 1.807) is 0 Å². The highest BCUT2D eigenvalue weighted by molar-refractivity contribution is 6.22. The highest BCUT2D eigenvalue weighted by Gasteiger charge is 2.59. The molecule has 1 aromatic carbocycles. The minimum Gasteiger partial charge on any atom is -0.494 e. The summed E-state index contributed by atoms with van der Waals surface area (Å²) in [6, 6.07) is 7.40. The lowest BCUT2D eigenvalue weighted by molar-refractivity contribution is -0.123. The van der Waals surface area contributed by atoms with Crippen LogP contribution in [0.1, 0.15) is 39.0 Å². The third kappa shape index (κ3) is 2.78. The number of fused-ring (bicyclic) bond motifs is 5. The topological polar surface area (TPSA) is 46.6 Å². The Morgan fingerprint density at radius 1 is 1.04 bits per heavy atom. The molecule has 1 saturated heterocycles. The van der Waals surface area contributed by atoms with Crippen molar-refractivity contribution in [1.82, 2.24) is 0 Å². The summed E-state index contributed by atoms with van der Waals surface area (Å²) in [4.78, 5) is 27.1. The zero-order chi connectivity index (χ0) is 17.4. The minimum atomic E-state index is -0.152. The van der Waals surface area contributed by atoms with Gasteiger partial charge in [-0.3, -0.25) is 9.59 Å². The molecule has 2 aliphatic carbocycles. The molecule has 3 aliphatic rings. The van der Waals surface area contributed by atoms with Crippen molar-refractivity contribution in [1.29, 1.82) is 0 Å². The minimum absolute atomic E-state index is 0.0352. The molecule has 4 atom stereocenters. The molecule has 2 amide bonds. The van der Waals surface area contributed by atoms with Crippen molar-refractivity contribution in [2.75, 3.05) is 11.5 Å². The number of hydrogen-bond donors (Lipinski definition) is 0. The number of amides is 2. The molecule has 0 aromatic heterocycles. The summed E-state index contributed by atoms with van der Waals surface area (Å²) in [5, 5.41) is 0. The van der Waals surface area contributed by atoms with E-state index in [9.17, 15) is 9.59 Å². The van der Waals surface area contributed by atoms with Gasteiger partial charge in [0.15, 0.2) is 0 Å². The first-order valence-corrected chi connectivity index (χ1v) is 9.49. The number of rotatable bonds is 7. The number of carbonyl (C=O) groups excluding carboxylic acids is 2. The average Bonchev–Trinajstić information content (AvgIpc) is 3.29. The van der Waals surface area contributed by atoms with Crippen LogP contribution in [0.25, 0.3) is 0 Å². The fourth-order valence-corrected chi connectivity index (χ4v) is 4.59. The van der Waals surface area contributed by atoms with Crippen molar-refractivity contribution in [3.63, 3.8) is 0 Å². The number of hydrogen-bond acceptors (Lipinski definition) is 3. The van der Waals surface area contributed by atoms with Crippen molar-refractivity contribution in [2.45, 2.75) is 39.0 Å². The van der Waals surface area contributed by atoms with Crippen LogP contribution in [0, 0.1) is 23.7 Å². The van der Waals surface area contributed by atoms with Gasteiger partial charge < -0.3 is 4.74 Å². The number of ether oxygens (including phenoxy) is 1. The number of benzene rings is 1. The van der Waals surface area contributed by atoms with E-state index in [0.717, 1.165) is 18.6 Å². The summed E-state index contributed by atoms with van der Waals surface area (Å²) in [5.41, 5.74) is 0.648. The second-order valence-electron chi connectivity index (χ2n) is 7.42. The van der Waals surface area contributed by atoms with Gasteiger partial charge in [0.2, 0.25) is 11.8 Å². The van der Waals surface area contributed by atoms with Gasteiger partial charge in [-0.05, 0) is 36.8 Å². The van der Waals surface area contributed by atoms with Crippen LogP contribution in [-0.4, -0.2) is 18.4 Å². The number of anilines is 1. The van der Waals surface area contributed by atoms with E-state index in [0.29, 0.717) is 12.3 Å². The van der Waals surface area contributed by atoms with Gasteiger partial charge >= 0.3 is 0 Å². The number of imide groups is 1. The molecule has 2 bridgehead atoms. The smallest absolute Gasteiger partial charge is 0.238 e. The fraction of sp³-hybridized carbons (Fsp3) is 0.524. The van der Waals surface area contributed by atoms with E-state index in [-0.39, 0.29) is 35.5 Å². The molecule has 2 fully saturated rings. The van der Waals surface area contributed by atoms with Crippen LogP contribution in [0.2, 0.25) is 0 Å². The maximum absolute atomic E-state index is 12.9. The molecule has 0 spiro atoms. The molecular formula is C21H25NO3. The van der Waals surface area contributed by atoms with Crippen LogP contribution in [0.3, 0.4) is 0 Å². The van der Waals surface area contributed by atoms with Crippen LogP contribution in [0.15, 0.2) is 36.4 Å². The number of nitrogens with zero attached hydrogens (tertiary/aromatic N) is 1. The number of carbonyl (C=O) groups is 2. The molecule has 0 N–H and O–H groups in total. The number of allylic oxidation sites excluding steroid dienone is 2. The molecule has 1 saturated carbocycles. The Labute approximate surface area is 148 Å². The van der Waals surface area contributed by atoms with Crippen LogP contribution >= 0.6 is 0 Å². The maximum Gasteiger partial charge on any atom is 0.238 e. The van der Waals surface area contributed by atoms with E-state index in [2.05, 4.69) is 19.1 Å². The van der Waals surface area contributed by atoms with Gasteiger partial charge in [0.25, 0.3) is 0 Å². The van der Waals surface area contributed by atoms with Crippen LogP contribution < -0.4 is 9.64 Å². The first-order valence-electron chi connectivity index (χ1n) is 9.49. The molecule has 0 radical (unpaired) electrons. The third-order valence-corrected chi connectivity index (χ3v) is 5.81. The normalized spacial score (nSPS) is 29.6. The summed E-state index contributed by atoms with van der Waals surface area (Å²) in [6.07, 6.45) is 9.82. The van der Waals surface area contributed by atoms with Crippen LogP contribution in [-0.2, 0) is 9.59 Å². The first kappa shape index (κ1) is 16.4. The van der Waals surface area contributed by atoms with E-state index in [1.165, 1.54) is 24.2 Å². The molecule has 1 heterocycles. The third-order valence-electron chi connectivity index (χ3n) is 5.81. The van der Waals surface area contributed by atoms with Gasteiger partial charge in [-0.1, -0.05) is 44.4 Å². The zero-order valence-corrected chi connectivity index (χ0v) is 14.7. The van der Waals surface area contributed by atoms with Crippen molar-refractivity contribution in [3.8, 4) is 5.75 Å². The van der Waals surface area contributed by atoms with Crippen LogP contribution in [0.5, 0.6) is 5.75 Å². The Kier molecular flexibility index (Phi) is 4.36. The summed E-state index contributed by atoms with van der Waals surface area (Å²) in [5.74, 6) is 0.845. The Hall–Kier alpha value is -2.10. The maximum atomic E-state index is 12.9. The predicted molar refractivity (Wildman–Crippen MR) is 96.3 cm³/mol. The Bertz CT molecular complexity index is 681. The van der Waals surface area contributed by atoms with Gasteiger partial charge in [-0.2, -0.15) is 0 Å². The van der Waals surface area contributed by atoms with Crippen LogP contribution in [0.4, 0.5) is 5.69 Å². The molecule has 4 heteroatoms. The summed E-state index contributed by atoms with van der Waals surface area (Å²) < 4.78 is 5.81. The van der Waals surface area contributed by atoms with Gasteiger partial charge in [0, 0.05) is 6.07 Å². The molecule has 1 aromatic rings. The SMILES string of the molecule is CCCCCCOc1cccc(N2C(=O)[C@H]3[C@H](C2=O)[C@H]2C=C[C@H]3C2)c1. The Balaban J connectivity index is 1.46. The standard InChI is InChI=1S/C21H25NO3/c1-2-3-4-5-11-25-17-8-6-7-16(13-17)22-20(23)18-14-9-10-15(12-14)19(18)21(22)24/h6-10,13-15,18-19H,2-5,11-12H2,1H3/t14-,15-,18+,19+/m0/s1. The fourth-order valence-electron chi connectivity index (χ4n) is 4.59. The lowest BCUT2D eigenvalue weighted by Crippen LogP contribution is -2.32. The monoisotopic (exact) mass is 339 g/mol. The van der Waals surface area contributed by atoms with Crippen molar-refractivity contribution < 1.29 is 14.3 Å². The quantitative estimate of drug-likeness (QED) is 0.429. The van der Waals surface area contributed by atoms with E-state index in [1.807, 2.05) is 24.3 Å². The van der Waals surface area contributed by atoms with E-state index >= 15 is 0 Å². The molecule has 1 aliphatic heterocycles. The summed E-state index contributed by atoms with van der Waals surface area (Å²) in [7, 11) is 0. The highest BCUT2D eigenvalue weighted by Crippen LogP contribution is 2.53. The van der Waals surface area contributed by atoms with Crippen molar-refractivity contribution >= 4 is 17.5 Å². The van der Waals surface area contributed by atoms with Gasteiger partial charge in [-0.25, -0.2) is 4.90 Å². The van der Waals surface area contributed by atoms with Gasteiger partial charge in [0.1, 0.15) is 5.75 Å². The van der Waals surface area contributed by atoms with E-state index in [4.69, 9.17) is 4.74 Å². The zero-order valence-electron chi connectivity index (χ0n) is 14.7. The summed E-state index contributed by atoms with van der Waals surface area (Å²) in [6.45, 7) is 2.86. The number of unbranched alkanes of at least 4 members (excludes halogenated alkanes) is 3. The molecule has 4 nitrogen and oxygen atoms in total. The predicted octanol–water partition coefficient (Wildman–Crippen LogP) is 3.96. The van der Waals surface area contributed by atoms with Crippen molar-refractivity contribution in [3.05, 3.63) is 36.4 Å². The Morgan fingerprint density at radius 2 is 1.76 bits per heavy atom. The molecule has 132 valence electrons. The Morgan fingerprint density at radius 3 is 2.44 bits per heavy atom. The van der Waals surface area contributed by atoms with Gasteiger partial charge in [0.05, 0.1) is 24.1 Å². The lowest BCUT2D eigenvalue weighted by Gasteiger charge is -2.18.